The van der Waals surface area contributed by atoms with Gasteiger partial charge >= 0.3 is 6.03 Å². The van der Waals surface area contributed by atoms with Gasteiger partial charge < -0.3 is 0 Å². The SMILES string of the molecule is CC(c1ccccc1)C1(C)C(=O)NC(=O)NC1=O. The summed E-state index contributed by atoms with van der Waals surface area (Å²) in [4.78, 5) is 35.0. The van der Waals surface area contributed by atoms with E-state index in [-0.39, 0.29) is 5.92 Å². The molecule has 1 aromatic rings. The van der Waals surface area contributed by atoms with E-state index < -0.39 is 23.3 Å². The molecule has 18 heavy (non-hydrogen) atoms. The average molecular weight is 246 g/mol. The van der Waals surface area contributed by atoms with Gasteiger partial charge in [-0.05, 0) is 12.5 Å². The standard InChI is InChI=1S/C13H14N2O3/c1-8(9-6-4-3-5-7-9)13(2)10(16)14-12(18)15-11(13)17/h3-8H,1-2H3,(H2,14,15,16,17,18). The number of hydrogen-bond acceptors (Lipinski definition) is 3. The number of imide groups is 2. The maximum absolute atomic E-state index is 12.0. The van der Waals surface area contributed by atoms with Crippen LogP contribution in [0.2, 0.25) is 0 Å². The molecule has 0 saturated carbocycles. The number of amides is 4. The van der Waals surface area contributed by atoms with E-state index in [4.69, 9.17) is 0 Å². The van der Waals surface area contributed by atoms with E-state index in [1.807, 2.05) is 30.3 Å². The van der Waals surface area contributed by atoms with E-state index in [0.717, 1.165) is 5.56 Å². The quantitative estimate of drug-likeness (QED) is 0.769. The van der Waals surface area contributed by atoms with Crippen LogP contribution in [-0.4, -0.2) is 17.8 Å². The number of rotatable bonds is 2. The molecule has 1 aliphatic rings. The number of nitrogens with one attached hydrogen (secondary N) is 2. The Labute approximate surface area is 105 Å². The zero-order valence-corrected chi connectivity index (χ0v) is 10.2. The number of benzene rings is 1. The molecule has 0 aromatic heterocycles. The second-order valence-electron chi connectivity index (χ2n) is 4.57. The normalized spacial score (nSPS) is 20.0. The highest BCUT2D eigenvalue weighted by Crippen LogP contribution is 2.37. The van der Waals surface area contributed by atoms with E-state index >= 15 is 0 Å². The average Bonchev–Trinajstić information content (AvgIpc) is 2.36. The molecule has 5 heteroatoms. The van der Waals surface area contributed by atoms with Crippen LogP contribution in [0.25, 0.3) is 0 Å². The molecule has 0 bridgehead atoms. The minimum atomic E-state index is -1.28. The predicted octanol–water partition coefficient (Wildman–Crippen LogP) is 1.16. The number of hydrogen-bond donors (Lipinski definition) is 2. The summed E-state index contributed by atoms with van der Waals surface area (Å²) < 4.78 is 0. The van der Waals surface area contributed by atoms with Crippen molar-refractivity contribution in [2.45, 2.75) is 19.8 Å². The Bertz CT molecular complexity index is 490. The lowest BCUT2D eigenvalue weighted by Crippen LogP contribution is -2.62. The van der Waals surface area contributed by atoms with Crippen LogP contribution in [-0.2, 0) is 9.59 Å². The van der Waals surface area contributed by atoms with Crippen molar-refractivity contribution < 1.29 is 14.4 Å². The molecule has 1 atom stereocenters. The van der Waals surface area contributed by atoms with E-state index in [2.05, 4.69) is 10.6 Å². The molecule has 4 amide bonds. The van der Waals surface area contributed by atoms with Gasteiger partial charge in [0, 0.05) is 5.92 Å². The van der Waals surface area contributed by atoms with Gasteiger partial charge in [0.25, 0.3) is 0 Å². The monoisotopic (exact) mass is 246 g/mol. The summed E-state index contributed by atoms with van der Waals surface area (Å²) in [5, 5.41) is 4.28. The lowest BCUT2D eigenvalue weighted by atomic mass is 9.72. The third-order valence-electron chi connectivity index (χ3n) is 3.56. The minimum absolute atomic E-state index is 0.327. The third-order valence-corrected chi connectivity index (χ3v) is 3.56. The molecule has 0 spiro atoms. The zero-order chi connectivity index (χ0) is 13.3. The Morgan fingerprint density at radius 3 is 2.00 bits per heavy atom. The van der Waals surface area contributed by atoms with Gasteiger partial charge in [0.1, 0.15) is 5.41 Å². The first-order chi connectivity index (χ1) is 8.46. The number of carbonyl (C=O) groups is 3. The highest BCUT2D eigenvalue weighted by atomic mass is 16.2. The Hall–Kier alpha value is -2.17. The molecule has 5 nitrogen and oxygen atoms in total. The molecule has 0 aliphatic carbocycles. The number of barbiturate groups is 1. The summed E-state index contributed by atoms with van der Waals surface area (Å²) in [6, 6.07) is 8.50. The second kappa shape index (κ2) is 4.25. The van der Waals surface area contributed by atoms with E-state index in [1.54, 1.807) is 13.8 Å². The smallest absolute Gasteiger partial charge is 0.277 e. The van der Waals surface area contributed by atoms with Crippen LogP contribution in [0.15, 0.2) is 30.3 Å². The van der Waals surface area contributed by atoms with Crippen molar-refractivity contribution >= 4 is 17.8 Å². The summed E-state index contributed by atoms with van der Waals surface area (Å²) >= 11 is 0. The van der Waals surface area contributed by atoms with Gasteiger partial charge in [-0.15, -0.1) is 0 Å². The van der Waals surface area contributed by atoms with Crippen molar-refractivity contribution in [1.29, 1.82) is 0 Å². The van der Waals surface area contributed by atoms with Crippen LogP contribution >= 0.6 is 0 Å². The second-order valence-corrected chi connectivity index (χ2v) is 4.57. The fourth-order valence-corrected chi connectivity index (χ4v) is 2.07. The first-order valence-corrected chi connectivity index (χ1v) is 5.68. The van der Waals surface area contributed by atoms with Gasteiger partial charge in [0.2, 0.25) is 11.8 Å². The van der Waals surface area contributed by atoms with Gasteiger partial charge in [0.05, 0.1) is 0 Å². The highest BCUT2D eigenvalue weighted by Gasteiger charge is 2.50. The Morgan fingerprint density at radius 1 is 1.00 bits per heavy atom. The molecular weight excluding hydrogens is 232 g/mol. The Kier molecular flexibility index (Phi) is 2.90. The molecule has 2 rings (SSSR count). The van der Waals surface area contributed by atoms with Crippen molar-refractivity contribution in [3.63, 3.8) is 0 Å². The molecule has 2 N–H and O–H groups in total. The molecule has 1 saturated heterocycles. The first kappa shape index (κ1) is 12.3. The van der Waals surface area contributed by atoms with Crippen molar-refractivity contribution in [2.24, 2.45) is 5.41 Å². The van der Waals surface area contributed by atoms with Crippen LogP contribution in [0, 0.1) is 5.41 Å². The first-order valence-electron chi connectivity index (χ1n) is 5.68. The van der Waals surface area contributed by atoms with Crippen LogP contribution in [0.3, 0.4) is 0 Å². The topological polar surface area (TPSA) is 75.3 Å². The van der Waals surface area contributed by atoms with Crippen molar-refractivity contribution in [1.82, 2.24) is 10.6 Å². The number of urea groups is 1. The van der Waals surface area contributed by atoms with Gasteiger partial charge in [-0.1, -0.05) is 37.3 Å². The van der Waals surface area contributed by atoms with Gasteiger partial charge in [-0.3, -0.25) is 20.2 Å². The fraction of sp³-hybridized carbons (Fsp3) is 0.308. The fourth-order valence-electron chi connectivity index (χ4n) is 2.07. The Balaban J connectivity index is 2.38. The predicted molar refractivity (Wildman–Crippen MR) is 64.6 cm³/mol. The van der Waals surface area contributed by atoms with Crippen LogP contribution < -0.4 is 10.6 Å². The van der Waals surface area contributed by atoms with Crippen molar-refractivity contribution in [2.75, 3.05) is 0 Å². The van der Waals surface area contributed by atoms with Gasteiger partial charge in [-0.25, -0.2) is 4.79 Å². The van der Waals surface area contributed by atoms with E-state index in [1.165, 1.54) is 0 Å². The molecule has 1 heterocycles. The molecule has 1 unspecified atom stereocenters. The molecule has 1 aliphatic heterocycles. The number of carbonyl (C=O) groups excluding carboxylic acids is 3. The van der Waals surface area contributed by atoms with Gasteiger partial charge in [-0.2, -0.15) is 0 Å². The van der Waals surface area contributed by atoms with Crippen LogP contribution in [0.4, 0.5) is 4.79 Å². The third kappa shape index (κ3) is 1.77. The van der Waals surface area contributed by atoms with E-state index in [0.29, 0.717) is 0 Å². The molecule has 0 radical (unpaired) electrons. The Morgan fingerprint density at radius 2 is 1.50 bits per heavy atom. The summed E-state index contributed by atoms with van der Waals surface area (Å²) in [6.45, 7) is 3.34. The summed E-state index contributed by atoms with van der Waals surface area (Å²) in [6.07, 6.45) is 0. The van der Waals surface area contributed by atoms with Crippen LogP contribution in [0.5, 0.6) is 0 Å². The summed E-state index contributed by atoms with van der Waals surface area (Å²) in [5.74, 6) is -1.45. The molecular formula is C13H14N2O3. The van der Waals surface area contributed by atoms with Crippen molar-refractivity contribution in [3.8, 4) is 0 Å². The van der Waals surface area contributed by atoms with Crippen LogP contribution in [0.1, 0.15) is 25.3 Å². The van der Waals surface area contributed by atoms with E-state index in [9.17, 15) is 14.4 Å². The molecule has 1 aromatic carbocycles. The lowest BCUT2D eigenvalue weighted by Gasteiger charge is -2.35. The molecule has 94 valence electrons. The summed E-state index contributed by atoms with van der Waals surface area (Å²) in [7, 11) is 0. The summed E-state index contributed by atoms with van der Waals surface area (Å²) in [5.41, 5.74) is -0.408. The maximum Gasteiger partial charge on any atom is 0.328 e. The molecule has 1 fully saturated rings. The zero-order valence-electron chi connectivity index (χ0n) is 10.2. The van der Waals surface area contributed by atoms with Gasteiger partial charge in [0.15, 0.2) is 0 Å². The largest absolute Gasteiger partial charge is 0.328 e. The lowest BCUT2D eigenvalue weighted by molar-refractivity contribution is -0.144. The minimum Gasteiger partial charge on any atom is -0.277 e. The highest BCUT2D eigenvalue weighted by molar-refractivity contribution is 6.19. The maximum atomic E-state index is 12.0. The van der Waals surface area contributed by atoms with Crippen molar-refractivity contribution in [3.05, 3.63) is 35.9 Å².